The predicted octanol–water partition coefficient (Wildman–Crippen LogP) is 1.76. The fraction of sp³-hybridized carbons (Fsp3) is 0.267. The maximum Gasteiger partial charge on any atom is 0.261 e. The Bertz CT molecular complexity index is 802. The van der Waals surface area contributed by atoms with Gasteiger partial charge in [0, 0.05) is 19.5 Å². The maximum absolute atomic E-state index is 12.4. The lowest BCUT2D eigenvalue weighted by atomic mass is 10.0. The molecule has 3 N–H and O–H groups in total. The Morgan fingerprint density at radius 3 is 2.91 bits per heavy atom. The number of rotatable bonds is 3. The lowest BCUT2D eigenvalue weighted by Crippen LogP contribution is -2.31. The van der Waals surface area contributed by atoms with Gasteiger partial charge in [-0.15, -0.1) is 0 Å². The van der Waals surface area contributed by atoms with Crippen LogP contribution in [0.4, 0.5) is 5.95 Å². The molecule has 0 fully saturated rings. The molecule has 0 unspecified atom stereocenters. The molecule has 0 saturated heterocycles. The van der Waals surface area contributed by atoms with Gasteiger partial charge in [0.2, 0.25) is 5.95 Å². The number of amides is 1. The van der Waals surface area contributed by atoms with Crippen molar-refractivity contribution in [2.75, 3.05) is 5.32 Å². The smallest absolute Gasteiger partial charge is 0.261 e. The third-order valence-corrected chi connectivity index (χ3v) is 3.93. The number of anilines is 1. The second kappa shape index (κ2) is 5.51. The second-order valence-corrected chi connectivity index (χ2v) is 5.27. The molecular weight excluding hydrogens is 280 g/mol. The van der Waals surface area contributed by atoms with Gasteiger partial charge in [-0.2, -0.15) is 0 Å². The zero-order chi connectivity index (χ0) is 15.7. The quantitative estimate of drug-likeness (QED) is 0.593. The summed E-state index contributed by atoms with van der Waals surface area (Å²) < 4.78 is 1.47. The van der Waals surface area contributed by atoms with Gasteiger partial charge in [-0.25, -0.2) is 9.97 Å². The van der Waals surface area contributed by atoms with Gasteiger partial charge in [0.1, 0.15) is 5.49 Å². The number of nitrogens with zero attached hydrogens (tertiary/aromatic N) is 3. The largest absolute Gasteiger partial charge is 0.291 e. The molecule has 1 aliphatic rings. The molecule has 1 atom stereocenters. The van der Waals surface area contributed by atoms with E-state index in [1.807, 2.05) is 0 Å². The summed E-state index contributed by atoms with van der Waals surface area (Å²) in [4.78, 5) is 20.3. The number of aromatic nitrogens is 3. The van der Waals surface area contributed by atoms with Gasteiger partial charge >= 0.3 is 0 Å². The van der Waals surface area contributed by atoms with Gasteiger partial charge in [-0.3, -0.25) is 25.5 Å². The zero-order valence-electron chi connectivity index (χ0n) is 12.1. The summed E-state index contributed by atoms with van der Waals surface area (Å²) in [5.41, 5.74) is 2.21. The Kier molecular flexibility index (Phi) is 3.54. The van der Waals surface area contributed by atoms with Gasteiger partial charge in [0.05, 0.1) is 11.9 Å². The van der Waals surface area contributed by atoms with Crippen LogP contribution in [0.3, 0.4) is 0 Å². The Hall–Kier alpha value is -2.83. The van der Waals surface area contributed by atoms with Crippen LogP contribution in [0, 0.1) is 10.8 Å². The van der Waals surface area contributed by atoms with Gasteiger partial charge in [0.25, 0.3) is 5.91 Å². The highest BCUT2D eigenvalue weighted by atomic mass is 16.1. The molecule has 2 aromatic rings. The number of hydrogen-bond donors (Lipinski definition) is 3. The van der Waals surface area contributed by atoms with E-state index in [4.69, 9.17) is 10.8 Å². The normalized spacial score (nSPS) is 16.1. The van der Waals surface area contributed by atoms with Crippen molar-refractivity contribution < 1.29 is 6.22 Å². The summed E-state index contributed by atoms with van der Waals surface area (Å²) in [6.07, 6.45) is 5.95. The van der Waals surface area contributed by atoms with Crippen LogP contribution in [0.15, 0.2) is 24.5 Å². The van der Waals surface area contributed by atoms with Crippen LogP contribution in [0.25, 0.3) is 0 Å². The number of carbonyl (C=O) groups is 1. The van der Waals surface area contributed by atoms with Crippen molar-refractivity contribution in [3.63, 3.8) is 0 Å². The Balaban J connectivity index is 0.00000192. The molecule has 22 heavy (non-hydrogen) atoms. The summed E-state index contributed by atoms with van der Waals surface area (Å²) in [7, 11) is 0. The molecule has 1 aliphatic carbocycles. The summed E-state index contributed by atoms with van der Waals surface area (Å²) in [5, 5.41) is 18.3. The van der Waals surface area contributed by atoms with Crippen LogP contribution in [-0.4, -0.2) is 26.8 Å². The molecule has 0 aliphatic heterocycles. The van der Waals surface area contributed by atoms with Gasteiger partial charge in [-0.05, 0) is 36.5 Å². The molecule has 0 radical (unpaired) electrons. The summed E-state index contributed by atoms with van der Waals surface area (Å²) in [6.45, 7) is 2.09. The zero-order valence-corrected chi connectivity index (χ0v) is 12.1. The first-order valence-electron chi connectivity index (χ1n) is 7.03. The third-order valence-electron chi connectivity index (χ3n) is 3.93. The van der Waals surface area contributed by atoms with Crippen LogP contribution >= 0.6 is 0 Å². The van der Waals surface area contributed by atoms with Gasteiger partial charge < -0.3 is 0 Å². The highest BCUT2D eigenvalue weighted by Gasteiger charge is 2.25. The fourth-order valence-electron chi connectivity index (χ4n) is 2.76. The standard InChI is InChI=1S/C15H16N6O.H2/c1-9-3-4-12-10(9)7-11(13(17)21(12)8-16)14(22)20-15-18-5-2-6-19-15;/h2,5-9,16-17H,3-4H2,1H3,(H,18,19,20,22);1H/t9-;/m0./s1. The minimum Gasteiger partial charge on any atom is -0.291 e. The van der Waals surface area contributed by atoms with Crippen molar-refractivity contribution in [3.05, 3.63) is 46.8 Å². The SMILES string of the molecule is C[C@H]1CCc2c1cc(C(=O)Nc1ncccn1)c(=N)n2C=N.[HH]. The first-order chi connectivity index (χ1) is 10.6. The highest BCUT2D eigenvalue weighted by molar-refractivity contribution is 6.03. The highest BCUT2D eigenvalue weighted by Crippen LogP contribution is 2.31. The Morgan fingerprint density at radius 1 is 1.50 bits per heavy atom. The third kappa shape index (κ3) is 2.30. The number of hydrogen-bond acceptors (Lipinski definition) is 5. The van der Waals surface area contributed by atoms with Crippen LogP contribution < -0.4 is 10.8 Å². The van der Waals surface area contributed by atoms with Gasteiger partial charge in [0.15, 0.2) is 0 Å². The van der Waals surface area contributed by atoms with Crippen LogP contribution in [0.2, 0.25) is 0 Å². The van der Waals surface area contributed by atoms with Crippen molar-refractivity contribution in [1.29, 1.82) is 10.8 Å². The molecular formula is C15H18N6O. The second-order valence-electron chi connectivity index (χ2n) is 5.27. The van der Waals surface area contributed by atoms with E-state index in [1.54, 1.807) is 12.1 Å². The summed E-state index contributed by atoms with van der Waals surface area (Å²) >= 11 is 0. The summed E-state index contributed by atoms with van der Waals surface area (Å²) in [6, 6.07) is 3.42. The molecule has 0 spiro atoms. The topological polar surface area (TPSA) is 108 Å². The first kappa shape index (κ1) is 14.1. The Labute approximate surface area is 128 Å². The maximum atomic E-state index is 12.4. The Morgan fingerprint density at radius 2 is 2.23 bits per heavy atom. The molecule has 0 bridgehead atoms. The van der Waals surface area contributed by atoms with E-state index in [-0.39, 0.29) is 18.4 Å². The monoisotopic (exact) mass is 298 g/mol. The molecule has 0 aromatic carbocycles. The predicted molar refractivity (Wildman–Crippen MR) is 83.3 cm³/mol. The minimum atomic E-state index is -0.436. The number of fused-ring (bicyclic) bond motifs is 1. The van der Waals surface area contributed by atoms with E-state index in [9.17, 15) is 4.79 Å². The molecule has 114 valence electrons. The van der Waals surface area contributed by atoms with Gasteiger partial charge in [-0.1, -0.05) is 6.92 Å². The molecule has 2 heterocycles. The van der Waals surface area contributed by atoms with Crippen molar-refractivity contribution in [2.24, 2.45) is 0 Å². The summed E-state index contributed by atoms with van der Waals surface area (Å²) in [5.74, 6) is 0.0804. The average molecular weight is 298 g/mol. The van der Waals surface area contributed by atoms with Crippen LogP contribution in [-0.2, 0) is 6.42 Å². The van der Waals surface area contributed by atoms with Crippen molar-refractivity contribution >= 4 is 18.2 Å². The van der Waals surface area contributed by atoms with Crippen LogP contribution in [0.5, 0.6) is 0 Å². The van der Waals surface area contributed by atoms with E-state index in [0.717, 1.165) is 30.4 Å². The fourth-order valence-corrected chi connectivity index (χ4v) is 2.76. The van der Waals surface area contributed by atoms with E-state index in [0.29, 0.717) is 5.92 Å². The molecule has 7 heteroatoms. The molecule has 3 rings (SSSR count). The van der Waals surface area contributed by atoms with E-state index in [2.05, 4.69) is 22.2 Å². The van der Waals surface area contributed by atoms with Crippen molar-refractivity contribution in [1.82, 2.24) is 14.5 Å². The average Bonchev–Trinajstić information content (AvgIpc) is 2.88. The number of pyridine rings is 1. The molecule has 2 aromatic heterocycles. The first-order valence-corrected chi connectivity index (χ1v) is 7.03. The lowest BCUT2D eigenvalue weighted by molar-refractivity contribution is 0.102. The van der Waals surface area contributed by atoms with E-state index in [1.165, 1.54) is 17.0 Å². The van der Waals surface area contributed by atoms with Crippen LogP contribution in [0.1, 0.15) is 42.3 Å². The molecule has 1 amide bonds. The van der Waals surface area contributed by atoms with Crippen molar-refractivity contribution in [2.45, 2.75) is 25.7 Å². The van der Waals surface area contributed by atoms with E-state index < -0.39 is 5.91 Å². The number of nitrogens with one attached hydrogen (secondary N) is 3. The van der Waals surface area contributed by atoms with E-state index >= 15 is 0 Å². The number of carbonyl (C=O) groups excluding carboxylic acids is 1. The minimum absolute atomic E-state index is 0. The van der Waals surface area contributed by atoms with Crippen molar-refractivity contribution in [3.8, 4) is 0 Å². The lowest BCUT2D eigenvalue weighted by Gasteiger charge is -2.13. The molecule has 0 saturated carbocycles. The molecule has 7 nitrogen and oxygen atoms in total.